The second kappa shape index (κ2) is 19.4. The van der Waals surface area contributed by atoms with Crippen LogP contribution < -0.4 is 10.1 Å². The summed E-state index contributed by atoms with van der Waals surface area (Å²) < 4.78 is 34.6. The molecule has 268 valence electrons. The van der Waals surface area contributed by atoms with Crippen molar-refractivity contribution in [1.82, 2.24) is 5.32 Å². The molecule has 8 nitrogen and oxygen atoms in total. The van der Waals surface area contributed by atoms with Gasteiger partial charge in [-0.15, -0.1) is 0 Å². The fourth-order valence-electron chi connectivity index (χ4n) is 6.42. The zero-order valence-electron chi connectivity index (χ0n) is 29.9. The Morgan fingerprint density at radius 3 is 1.90 bits per heavy atom. The number of nitrogens with one attached hydrogen (secondary N) is 1. The number of hydrogen-bond donors (Lipinski definition) is 1. The van der Waals surface area contributed by atoms with Gasteiger partial charge in [0.05, 0.1) is 33.0 Å². The van der Waals surface area contributed by atoms with Crippen LogP contribution >= 0.6 is 15.9 Å². The third-order valence-corrected chi connectivity index (χ3v) is 9.16. The maximum Gasteiger partial charge on any atom is 0.407 e. The summed E-state index contributed by atoms with van der Waals surface area (Å²) >= 11 is 3.77. The SMILES string of the molecule is COCCOCCCC1(CCCOCCOC)c2cc(Br)ccc2-c2ccc(-c3ccc(OCCCCNC(=O)OC(C)(C)C)cc3)cc21. The summed E-state index contributed by atoms with van der Waals surface area (Å²) in [5.41, 5.74) is 7.00. The van der Waals surface area contributed by atoms with Gasteiger partial charge in [-0.25, -0.2) is 4.79 Å². The van der Waals surface area contributed by atoms with E-state index in [0.29, 0.717) is 52.8 Å². The third kappa shape index (κ3) is 11.5. The number of carbonyl (C=O) groups excluding carboxylic acids is 1. The summed E-state index contributed by atoms with van der Waals surface area (Å²) in [4.78, 5) is 11.8. The van der Waals surface area contributed by atoms with E-state index in [1.54, 1.807) is 14.2 Å². The molecule has 0 spiro atoms. The summed E-state index contributed by atoms with van der Waals surface area (Å²) in [6.07, 6.45) is 5.07. The largest absolute Gasteiger partial charge is 0.494 e. The van der Waals surface area contributed by atoms with Crippen molar-refractivity contribution in [3.05, 3.63) is 76.3 Å². The van der Waals surface area contributed by atoms with Crippen molar-refractivity contribution in [3.8, 4) is 28.0 Å². The molecule has 1 amide bonds. The maximum absolute atomic E-state index is 11.8. The maximum atomic E-state index is 11.8. The lowest BCUT2D eigenvalue weighted by atomic mass is 9.71. The molecule has 0 saturated heterocycles. The first-order chi connectivity index (χ1) is 23.7. The number of amides is 1. The Morgan fingerprint density at radius 2 is 1.29 bits per heavy atom. The van der Waals surface area contributed by atoms with Crippen molar-refractivity contribution in [2.75, 3.05) is 67.0 Å². The first kappa shape index (κ1) is 38.8. The number of unbranched alkanes of at least 4 members (excludes halogenated alkanes) is 1. The minimum Gasteiger partial charge on any atom is -0.494 e. The van der Waals surface area contributed by atoms with E-state index in [9.17, 15) is 4.79 Å². The van der Waals surface area contributed by atoms with Gasteiger partial charge in [0, 0.05) is 43.9 Å². The van der Waals surface area contributed by atoms with Crippen LogP contribution in [0.3, 0.4) is 0 Å². The van der Waals surface area contributed by atoms with E-state index in [1.807, 2.05) is 32.9 Å². The standard InChI is InChI=1S/C40H54BrNO7/c1-39(2,3)49-38(43)42-20-6-7-23-48-33-14-10-30(11-15-33)31-12-16-34-35-17-13-32(41)29-37(35)40(36(34)28-31,18-8-21-46-26-24-44-4)19-9-22-47-27-25-45-5/h10-17,28-29H,6-9,18-27H2,1-5H3,(H,42,43). The van der Waals surface area contributed by atoms with Gasteiger partial charge in [-0.05, 0) is 123 Å². The molecule has 49 heavy (non-hydrogen) atoms. The summed E-state index contributed by atoms with van der Waals surface area (Å²) in [6.45, 7) is 10.5. The Labute approximate surface area is 301 Å². The number of benzene rings is 3. The van der Waals surface area contributed by atoms with Gasteiger partial charge in [0.15, 0.2) is 0 Å². The Kier molecular flexibility index (Phi) is 15.4. The Bertz CT molecular complexity index is 1440. The second-order valence-electron chi connectivity index (χ2n) is 13.5. The smallest absolute Gasteiger partial charge is 0.407 e. The monoisotopic (exact) mass is 739 g/mol. The lowest BCUT2D eigenvalue weighted by molar-refractivity contribution is 0.0526. The van der Waals surface area contributed by atoms with Crippen molar-refractivity contribution >= 4 is 22.0 Å². The molecular formula is C40H54BrNO7. The van der Waals surface area contributed by atoms with Crippen LogP contribution in [-0.4, -0.2) is 78.7 Å². The average Bonchev–Trinajstić information content (AvgIpc) is 3.33. The molecule has 1 aliphatic rings. The number of halogens is 1. The molecule has 1 aliphatic carbocycles. The first-order valence-corrected chi connectivity index (χ1v) is 18.2. The van der Waals surface area contributed by atoms with Gasteiger partial charge in [0.1, 0.15) is 11.4 Å². The van der Waals surface area contributed by atoms with Crippen LogP contribution in [0.15, 0.2) is 65.1 Å². The third-order valence-electron chi connectivity index (χ3n) is 8.67. The highest BCUT2D eigenvalue weighted by atomic mass is 79.9. The van der Waals surface area contributed by atoms with E-state index in [-0.39, 0.29) is 11.5 Å². The van der Waals surface area contributed by atoms with Gasteiger partial charge in [0.2, 0.25) is 0 Å². The molecule has 0 unspecified atom stereocenters. The van der Waals surface area contributed by atoms with Crippen LogP contribution in [0.5, 0.6) is 5.75 Å². The molecule has 0 aliphatic heterocycles. The quantitative estimate of drug-likeness (QED) is 0.109. The van der Waals surface area contributed by atoms with E-state index in [0.717, 1.165) is 54.3 Å². The number of carbonyl (C=O) groups is 1. The van der Waals surface area contributed by atoms with Gasteiger partial charge >= 0.3 is 6.09 Å². The van der Waals surface area contributed by atoms with E-state index in [1.165, 1.54) is 27.8 Å². The lowest BCUT2D eigenvalue weighted by Gasteiger charge is -2.33. The molecular weight excluding hydrogens is 686 g/mol. The van der Waals surface area contributed by atoms with E-state index in [2.05, 4.69) is 69.8 Å². The summed E-state index contributed by atoms with van der Waals surface area (Å²) in [6, 6.07) is 22.0. The van der Waals surface area contributed by atoms with Gasteiger partial charge in [-0.1, -0.05) is 46.3 Å². The van der Waals surface area contributed by atoms with Crippen molar-refractivity contribution in [3.63, 3.8) is 0 Å². The molecule has 0 saturated carbocycles. The fourth-order valence-corrected chi connectivity index (χ4v) is 6.78. The minimum absolute atomic E-state index is 0.166. The predicted octanol–water partition coefficient (Wildman–Crippen LogP) is 8.95. The fraction of sp³-hybridized carbons (Fsp3) is 0.525. The van der Waals surface area contributed by atoms with Crippen LogP contribution in [0.1, 0.15) is 70.4 Å². The molecule has 0 bridgehead atoms. The number of alkyl carbamates (subject to hydrolysis) is 1. The highest BCUT2D eigenvalue weighted by Gasteiger charge is 2.42. The van der Waals surface area contributed by atoms with Crippen molar-refractivity contribution in [1.29, 1.82) is 0 Å². The number of ether oxygens (including phenoxy) is 6. The number of methoxy groups -OCH3 is 2. The number of hydrogen-bond acceptors (Lipinski definition) is 7. The van der Waals surface area contributed by atoms with E-state index < -0.39 is 5.60 Å². The van der Waals surface area contributed by atoms with Crippen molar-refractivity contribution in [2.45, 2.75) is 70.3 Å². The van der Waals surface area contributed by atoms with Crippen LogP contribution in [0.25, 0.3) is 22.3 Å². The summed E-state index contributed by atoms with van der Waals surface area (Å²) in [5.74, 6) is 0.832. The zero-order valence-corrected chi connectivity index (χ0v) is 31.5. The zero-order chi connectivity index (χ0) is 35.1. The highest BCUT2D eigenvalue weighted by Crippen LogP contribution is 2.55. The van der Waals surface area contributed by atoms with Crippen molar-refractivity contribution < 1.29 is 33.2 Å². The minimum atomic E-state index is -0.496. The van der Waals surface area contributed by atoms with Gasteiger partial charge in [0.25, 0.3) is 0 Å². The molecule has 0 aromatic heterocycles. The Hall–Kier alpha value is -2.95. The average molecular weight is 741 g/mol. The van der Waals surface area contributed by atoms with Gasteiger partial charge in [-0.2, -0.15) is 0 Å². The molecule has 3 aromatic rings. The molecule has 0 fully saturated rings. The van der Waals surface area contributed by atoms with Crippen LogP contribution in [0, 0.1) is 0 Å². The molecule has 9 heteroatoms. The van der Waals surface area contributed by atoms with Crippen LogP contribution in [0.4, 0.5) is 4.79 Å². The Morgan fingerprint density at radius 1 is 0.694 bits per heavy atom. The first-order valence-electron chi connectivity index (χ1n) is 17.5. The topological polar surface area (TPSA) is 84.5 Å². The van der Waals surface area contributed by atoms with E-state index >= 15 is 0 Å². The molecule has 0 radical (unpaired) electrons. The second-order valence-corrected chi connectivity index (χ2v) is 14.4. The molecule has 4 rings (SSSR count). The predicted molar refractivity (Wildman–Crippen MR) is 199 cm³/mol. The molecule has 0 heterocycles. The summed E-state index contributed by atoms with van der Waals surface area (Å²) in [5, 5.41) is 2.80. The van der Waals surface area contributed by atoms with Crippen molar-refractivity contribution in [2.24, 2.45) is 0 Å². The molecule has 3 aromatic carbocycles. The van der Waals surface area contributed by atoms with E-state index in [4.69, 9.17) is 28.4 Å². The van der Waals surface area contributed by atoms with Crippen LogP contribution in [-0.2, 0) is 29.1 Å². The van der Waals surface area contributed by atoms with Gasteiger partial charge in [-0.3, -0.25) is 0 Å². The Balaban J connectivity index is 1.47. The normalized spacial score (nSPS) is 13.2. The highest BCUT2D eigenvalue weighted by molar-refractivity contribution is 9.10. The van der Waals surface area contributed by atoms with Gasteiger partial charge < -0.3 is 33.7 Å². The lowest BCUT2D eigenvalue weighted by Crippen LogP contribution is -2.33. The number of fused-ring (bicyclic) bond motifs is 3. The molecule has 1 N–H and O–H groups in total. The van der Waals surface area contributed by atoms with Crippen LogP contribution in [0.2, 0.25) is 0 Å². The molecule has 0 atom stereocenters. The summed E-state index contributed by atoms with van der Waals surface area (Å²) in [7, 11) is 3.40. The number of rotatable bonds is 21.